The number of benzene rings is 1. The van der Waals surface area contributed by atoms with Gasteiger partial charge in [0.2, 0.25) is 0 Å². The van der Waals surface area contributed by atoms with E-state index in [1.165, 1.54) is 0 Å². The van der Waals surface area contributed by atoms with Crippen molar-refractivity contribution in [3.63, 3.8) is 0 Å². The van der Waals surface area contributed by atoms with Crippen LogP contribution in [0.3, 0.4) is 0 Å². The maximum Gasteiger partial charge on any atom is 0.0651 e. The molecule has 18 heavy (non-hydrogen) atoms. The summed E-state index contributed by atoms with van der Waals surface area (Å²) in [5, 5.41) is 0.610. The molecule has 1 heterocycles. The summed E-state index contributed by atoms with van der Waals surface area (Å²) < 4.78 is 1.13. The first-order chi connectivity index (χ1) is 8.56. The molecule has 0 aliphatic rings. The van der Waals surface area contributed by atoms with Gasteiger partial charge in [-0.25, -0.2) is 0 Å². The first kappa shape index (κ1) is 14.1. The standard InChI is InChI=1S/C14H12Cl2IN/c1-9-2-4-11(18-8-9)7-13(16)12-6-10(15)3-5-14(12)17/h2-6,8,13H,7H2,1H3. The highest BCUT2D eigenvalue weighted by atomic mass is 127. The molecule has 2 rings (SSSR count). The van der Waals surface area contributed by atoms with Gasteiger partial charge in [0.05, 0.1) is 5.38 Å². The number of aryl methyl sites for hydroxylation is 1. The normalized spacial score (nSPS) is 12.4. The van der Waals surface area contributed by atoms with Crippen LogP contribution in [-0.4, -0.2) is 4.98 Å². The van der Waals surface area contributed by atoms with Crippen molar-refractivity contribution < 1.29 is 0 Å². The summed E-state index contributed by atoms with van der Waals surface area (Å²) >= 11 is 14.7. The van der Waals surface area contributed by atoms with Gasteiger partial charge in [-0.3, -0.25) is 4.98 Å². The molecule has 0 N–H and O–H groups in total. The maximum atomic E-state index is 6.45. The molecule has 94 valence electrons. The van der Waals surface area contributed by atoms with Gasteiger partial charge in [-0.05, 0) is 64.9 Å². The van der Waals surface area contributed by atoms with Crippen molar-refractivity contribution in [1.29, 1.82) is 0 Å². The molecule has 1 nitrogen and oxygen atoms in total. The zero-order valence-corrected chi connectivity index (χ0v) is 13.5. The van der Waals surface area contributed by atoms with E-state index in [2.05, 4.69) is 33.6 Å². The lowest BCUT2D eigenvalue weighted by Gasteiger charge is -2.12. The summed E-state index contributed by atoms with van der Waals surface area (Å²) in [7, 11) is 0. The Morgan fingerprint density at radius 3 is 2.72 bits per heavy atom. The molecule has 0 aliphatic heterocycles. The molecule has 0 spiro atoms. The van der Waals surface area contributed by atoms with E-state index < -0.39 is 0 Å². The van der Waals surface area contributed by atoms with Gasteiger partial charge in [-0.1, -0.05) is 17.7 Å². The molecule has 1 aromatic carbocycles. The lowest BCUT2D eigenvalue weighted by molar-refractivity contribution is 0.874. The number of aromatic nitrogens is 1. The van der Waals surface area contributed by atoms with Crippen molar-refractivity contribution in [3.05, 3.63) is 61.9 Å². The fraction of sp³-hybridized carbons (Fsp3) is 0.214. The third-order valence-corrected chi connectivity index (χ3v) is 4.26. The monoisotopic (exact) mass is 391 g/mol. The average molecular weight is 392 g/mol. The average Bonchev–Trinajstić information content (AvgIpc) is 2.35. The number of alkyl halides is 1. The van der Waals surface area contributed by atoms with Crippen molar-refractivity contribution in [2.75, 3.05) is 0 Å². The van der Waals surface area contributed by atoms with E-state index in [0.29, 0.717) is 11.4 Å². The Morgan fingerprint density at radius 2 is 2.06 bits per heavy atom. The predicted molar refractivity (Wildman–Crippen MR) is 85.4 cm³/mol. The van der Waals surface area contributed by atoms with E-state index in [4.69, 9.17) is 23.2 Å². The van der Waals surface area contributed by atoms with Gasteiger partial charge in [-0.2, -0.15) is 0 Å². The van der Waals surface area contributed by atoms with Gasteiger partial charge >= 0.3 is 0 Å². The molecular formula is C14H12Cl2IN. The lowest BCUT2D eigenvalue weighted by Crippen LogP contribution is -2.00. The highest BCUT2D eigenvalue weighted by Crippen LogP contribution is 2.30. The maximum absolute atomic E-state index is 6.45. The zero-order valence-electron chi connectivity index (χ0n) is 9.83. The van der Waals surface area contributed by atoms with Crippen molar-refractivity contribution >= 4 is 45.8 Å². The summed E-state index contributed by atoms with van der Waals surface area (Å²) in [5.74, 6) is 0. The molecule has 0 aliphatic carbocycles. The van der Waals surface area contributed by atoms with Gasteiger partial charge in [0.1, 0.15) is 0 Å². The molecule has 0 saturated carbocycles. The Hall–Kier alpha value is -0.320. The topological polar surface area (TPSA) is 12.9 Å². The van der Waals surface area contributed by atoms with E-state index >= 15 is 0 Å². The Labute approximate surface area is 131 Å². The van der Waals surface area contributed by atoms with Crippen molar-refractivity contribution in [3.8, 4) is 0 Å². The van der Waals surface area contributed by atoms with Crippen LogP contribution < -0.4 is 0 Å². The number of rotatable bonds is 3. The molecule has 0 saturated heterocycles. The Bertz CT molecular complexity index is 540. The molecule has 4 heteroatoms. The fourth-order valence-corrected chi connectivity index (χ4v) is 3.08. The van der Waals surface area contributed by atoms with Crippen LogP contribution in [0.4, 0.5) is 0 Å². The predicted octanol–water partition coefficient (Wildman–Crippen LogP) is 5.17. The highest BCUT2D eigenvalue weighted by molar-refractivity contribution is 14.1. The van der Waals surface area contributed by atoms with Crippen LogP contribution in [0.2, 0.25) is 5.02 Å². The van der Waals surface area contributed by atoms with Gasteiger partial charge < -0.3 is 0 Å². The van der Waals surface area contributed by atoms with Crippen LogP contribution in [-0.2, 0) is 6.42 Å². The van der Waals surface area contributed by atoms with Crippen molar-refractivity contribution in [2.24, 2.45) is 0 Å². The number of pyridine rings is 1. The molecular weight excluding hydrogens is 380 g/mol. The molecule has 0 fully saturated rings. The Balaban J connectivity index is 2.18. The molecule has 0 bridgehead atoms. The lowest BCUT2D eigenvalue weighted by atomic mass is 10.1. The van der Waals surface area contributed by atoms with Crippen LogP contribution in [0.15, 0.2) is 36.5 Å². The Morgan fingerprint density at radius 1 is 1.28 bits per heavy atom. The molecule has 2 aromatic rings. The van der Waals surface area contributed by atoms with Gasteiger partial charge in [0.15, 0.2) is 0 Å². The van der Waals surface area contributed by atoms with Crippen LogP contribution >= 0.6 is 45.8 Å². The smallest absolute Gasteiger partial charge is 0.0651 e. The van der Waals surface area contributed by atoms with Gasteiger partial charge in [0, 0.05) is 26.9 Å². The first-order valence-corrected chi connectivity index (χ1v) is 7.46. The Kier molecular flexibility index (Phi) is 4.87. The number of hydrogen-bond donors (Lipinski definition) is 0. The van der Waals surface area contributed by atoms with Crippen LogP contribution in [0.1, 0.15) is 22.2 Å². The third kappa shape index (κ3) is 3.59. The van der Waals surface area contributed by atoms with E-state index in [9.17, 15) is 0 Å². The minimum Gasteiger partial charge on any atom is -0.261 e. The SMILES string of the molecule is Cc1ccc(CC(Cl)c2cc(Cl)ccc2I)nc1. The van der Waals surface area contributed by atoms with Crippen molar-refractivity contribution in [2.45, 2.75) is 18.7 Å². The van der Waals surface area contributed by atoms with E-state index in [-0.39, 0.29) is 5.38 Å². The van der Waals surface area contributed by atoms with E-state index in [0.717, 1.165) is 20.4 Å². The molecule has 1 unspecified atom stereocenters. The summed E-state index contributed by atoms with van der Waals surface area (Å²) in [6, 6.07) is 9.85. The fourth-order valence-electron chi connectivity index (χ4n) is 1.67. The molecule has 0 amide bonds. The van der Waals surface area contributed by atoms with E-state index in [1.807, 2.05) is 37.4 Å². The number of hydrogen-bond acceptors (Lipinski definition) is 1. The van der Waals surface area contributed by atoms with Gasteiger partial charge in [-0.15, -0.1) is 11.6 Å². The quantitative estimate of drug-likeness (QED) is 0.519. The minimum absolute atomic E-state index is 0.106. The second-order valence-corrected chi connectivity index (χ2v) is 6.29. The van der Waals surface area contributed by atoms with E-state index in [1.54, 1.807) is 0 Å². The third-order valence-electron chi connectivity index (χ3n) is 2.66. The van der Waals surface area contributed by atoms with Crippen LogP contribution in [0, 0.1) is 10.5 Å². The van der Waals surface area contributed by atoms with Gasteiger partial charge in [0.25, 0.3) is 0 Å². The summed E-state index contributed by atoms with van der Waals surface area (Å²) in [6.07, 6.45) is 2.57. The summed E-state index contributed by atoms with van der Waals surface area (Å²) in [6.45, 7) is 2.02. The summed E-state index contributed by atoms with van der Waals surface area (Å²) in [4.78, 5) is 4.38. The second-order valence-electron chi connectivity index (χ2n) is 4.16. The highest BCUT2D eigenvalue weighted by Gasteiger charge is 2.13. The molecule has 1 aromatic heterocycles. The first-order valence-electron chi connectivity index (χ1n) is 5.57. The van der Waals surface area contributed by atoms with Crippen LogP contribution in [0.25, 0.3) is 0 Å². The second kappa shape index (κ2) is 6.22. The zero-order chi connectivity index (χ0) is 13.1. The molecule has 1 atom stereocenters. The van der Waals surface area contributed by atoms with Crippen molar-refractivity contribution in [1.82, 2.24) is 4.98 Å². The minimum atomic E-state index is -0.106. The van der Waals surface area contributed by atoms with Crippen LogP contribution in [0.5, 0.6) is 0 Å². The molecule has 0 radical (unpaired) electrons. The largest absolute Gasteiger partial charge is 0.261 e. The number of nitrogens with zero attached hydrogens (tertiary/aromatic N) is 1. The number of halogens is 3. The summed E-state index contributed by atoms with van der Waals surface area (Å²) in [5.41, 5.74) is 3.21.